The van der Waals surface area contributed by atoms with E-state index in [4.69, 9.17) is 9.84 Å². The first-order valence-corrected chi connectivity index (χ1v) is 10.1. The summed E-state index contributed by atoms with van der Waals surface area (Å²) in [5.74, 6) is -0.267. The lowest BCUT2D eigenvalue weighted by molar-refractivity contribution is -0.142. The summed E-state index contributed by atoms with van der Waals surface area (Å²) in [4.78, 5) is 23.4. The summed E-state index contributed by atoms with van der Waals surface area (Å²) in [7, 11) is 0. The Labute approximate surface area is 171 Å². The first-order valence-electron chi connectivity index (χ1n) is 10.1. The second-order valence-electron chi connectivity index (χ2n) is 7.57. The van der Waals surface area contributed by atoms with Crippen LogP contribution in [0.15, 0.2) is 54.6 Å². The van der Waals surface area contributed by atoms with Gasteiger partial charge in [0.1, 0.15) is 12.4 Å². The second-order valence-corrected chi connectivity index (χ2v) is 7.57. The van der Waals surface area contributed by atoms with Crippen LogP contribution in [0.2, 0.25) is 0 Å². The number of carbonyl (C=O) groups excluding carboxylic acids is 1. The number of rotatable bonds is 7. The summed E-state index contributed by atoms with van der Waals surface area (Å²) >= 11 is 0. The molecule has 0 unspecified atom stereocenters. The number of amides is 2. The normalized spacial score (nSPS) is 19.8. The van der Waals surface area contributed by atoms with Crippen LogP contribution in [0, 0.1) is 5.92 Å². The average molecular weight is 396 g/mol. The summed E-state index contributed by atoms with van der Waals surface area (Å²) in [5.41, 5.74) is 2.06. The highest BCUT2D eigenvalue weighted by atomic mass is 16.5. The van der Waals surface area contributed by atoms with Crippen LogP contribution in [0.25, 0.3) is 0 Å². The molecular formula is C23H28N2O4. The van der Waals surface area contributed by atoms with Crippen molar-refractivity contribution >= 4 is 12.0 Å². The second kappa shape index (κ2) is 9.96. The molecule has 1 aliphatic rings. The molecular weight excluding hydrogens is 368 g/mol. The SMILES string of the molecule is C[C@H](NC(=O)NC1CCC(C(=O)O)CC1)c1cccc(OCc2ccccc2)c1. The van der Waals surface area contributed by atoms with E-state index < -0.39 is 5.97 Å². The lowest BCUT2D eigenvalue weighted by atomic mass is 9.86. The summed E-state index contributed by atoms with van der Waals surface area (Å²) in [6.07, 6.45) is 2.61. The van der Waals surface area contributed by atoms with Gasteiger partial charge in [0.25, 0.3) is 0 Å². The largest absolute Gasteiger partial charge is 0.489 e. The molecule has 2 amide bonds. The number of benzene rings is 2. The van der Waals surface area contributed by atoms with Crippen LogP contribution in [-0.4, -0.2) is 23.1 Å². The lowest BCUT2D eigenvalue weighted by Gasteiger charge is -2.27. The molecule has 1 saturated carbocycles. The van der Waals surface area contributed by atoms with Crippen LogP contribution in [0.1, 0.15) is 49.8 Å². The van der Waals surface area contributed by atoms with Crippen molar-refractivity contribution in [1.29, 1.82) is 0 Å². The van der Waals surface area contributed by atoms with Gasteiger partial charge in [0, 0.05) is 6.04 Å². The molecule has 0 aromatic heterocycles. The number of carboxylic acids is 1. The van der Waals surface area contributed by atoms with Gasteiger partial charge in [-0.15, -0.1) is 0 Å². The third-order valence-electron chi connectivity index (χ3n) is 5.37. The standard InChI is InChI=1S/C23H28N2O4/c1-16(24-23(28)25-20-12-10-18(11-13-20)22(26)27)19-8-5-9-21(14-19)29-15-17-6-3-2-4-7-17/h2-9,14,16,18,20H,10-13,15H2,1H3,(H,26,27)(H2,24,25,28)/t16-,18?,20?/m0/s1. The van der Waals surface area contributed by atoms with Gasteiger partial charge in [-0.3, -0.25) is 4.79 Å². The number of nitrogens with one attached hydrogen (secondary N) is 2. The number of carbonyl (C=O) groups is 2. The predicted molar refractivity (Wildman–Crippen MR) is 111 cm³/mol. The van der Waals surface area contributed by atoms with E-state index in [-0.39, 0.29) is 24.0 Å². The molecule has 0 heterocycles. The number of urea groups is 1. The first kappa shape index (κ1) is 20.7. The summed E-state index contributed by atoms with van der Waals surface area (Å²) < 4.78 is 5.86. The van der Waals surface area contributed by atoms with E-state index in [1.807, 2.05) is 61.5 Å². The first-order chi connectivity index (χ1) is 14.0. The highest BCUT2D eigenvalue weighted by Gasteiger charge is 2.26. The molecule has 0 radical (unpaired) electrons. The smallest absolute Gasteiger partial charge is 0.315 e. The number of ether oxygens (including phenoxy) is 1. The third kappa shape index (κ3) is 6.24. The maximum absolute atomic E-state index is 12.3. The Kier molecular flexibility index (Phi) is 7.11. The Bertz CT molecular complexity index is 817. The van der Waals surface area contributed by atoms with Gasteiger partial charge in [-0.25, -0.2) is 4.79 Å². The van der Waals surface area contributed by atoms with E-state index in [0.717, 1.165) is 16.9 Å². The third-order valence-corrected chi connectivity index (χ3v) is 5.37. The van der Waals surface area contributed by atoms with E-state index in [0.29, 0.717) is 32.3 Å². The molecule has 2 aromatic rings. The Balaban J connectivity index is 1.48. The molecule has 0 saturated heterocycles. The Morgan fingerprint density at radius 2 is 1.79 bits per heavy atom. The van der Waals surface area contributed by atoms with Gasteiger partial charge >= 0.3 is 12.0 Å². The monoisotopic (exact) mass is 396 g/mol. The maximum atomic E-state index is 12.3. The van der Waals surface area contributed by atoms with E-state index >= 15 is 0 Å². The van der Waals surface area contributed by atoms with E-state index in [1.54, 1.807) is 0 Å². The van der Waals surface area contributed by atoms with E-state index in [1.165, 1.54) is 0 Å². The zero-order valence-electron chi connectivity index (χ0n) is 16.6. The van der Waals surface area contributed by atoms with E-state index in [9.17, 15) is 9.59 Å². The minimum atomic E-state index is -0.740. The van der Waals surface area contributed by atoms with Gasteiger partial charge < -0.3 is 20.5 Å². The molecule has 6 heteroatoms. The van der Waals surface area contributed by atoms with Crippen molar-refractivity contribution in [2.75, 3.05) is 0 Å². The molecule has 0 aliphatic heterocycles. The molecule has 1 aliphatic carbocycles. The van der Waals surface area contributed by atoms with Gasteiger partial charge in [-0.1, -0.05) is 42.5 Å². The van der Waals surface area contributed by atoms with E-state index in [2.05, 4.69) is 10.6 Å². The number of hydrogen-bond acceptors (Lipinski definition) is 3. The summed E-state index contributed by atoms with van der Waals surface area (Å²) in [6, 6.07) is 17.3. The molecule has 2 aromatic carbocycles. The fourth-order valence-corrected chi connectivity index (χ4v) is 3.61. The van der Waals surface area contributed by atoms with Crippen LogP contribution in [0.5, 0.6) is 5.75 Å². The highest BCUT2D eigenvalue weighted by Crippen LogP contribution is 2.24. The molecule has 29 heavy (non-hydrogen) atoms. The predicted octanol–water partition coefficient (Wildman–Crippen LogP) is 4.27. The quantitative estimate of drug-likeness (QED) is 0.652. The molecule has 154 valence electrons. The van der Waals surface area contributed by atoms with Crippen molar-refractivity contribution in [2.45, 2.75) is 51.3 Å². The summed E-state index contributed by atoms with van der Waals surface area (Å²) in [6.45, 7) is 2.42. The van der Waals surface area contributed by atoms with Crippen LogP contribution < -0.4 is 15.4 Å². The van der Waals surface area contributed by atoms with Gasteiger partial charge in [0.15, 0.2) is 0 Å². The van der Waals surface area contributed by atoms with Crippen LogP contribution >= 0.6 is 0 Å². The molecule has 0 bridgehead atoms. The number of aliphatic carboxylic acids is 1. The Morgan fingerprint density at radius 3 is 2.48 bits per heavy atom. The lowest BCUT2D eigenvalue weighted by Crippen LogP contribution is -2.44. The zero-order chi connectivity index (χ0) is 20.6. The number of carboxylic acid groups (broad SMARTS) is 1. The maximum Gasteiger partial charge on any atom is 0.315 e. The van der Waals surface area contributed by atoms with Crippen LogP contribution in [0.3, 0.4) is 0 Å². The fourth-order valence-electron chi connectivity index (χ4n) is 3.61. The van der Waals surface area contributed by atoms with Crippen LogP contribution in [0.4, 0.5) is 4.79 Å². The van der Waals surface area contributed by atoms with Crippen molar-refractivity contribution in [3.8, 4) is 5.75 Å². The van der Waals surface area contributed by atoms with Gasteiger partial charge in [0.2, 0.25) is 0 Å². The minimum Gasteiger partial charge on any atom is -0.489 e. The molecule has 1 atom stereocenters. The average Bonchev–Trinajstić information content (AvgIpc) is 2.73. The van der Waals surface area contributed by atoms with Gasteiger partial charge in [-0.2, -0.15) is 0 Å². The minimum absolute atomic E-state index is 0.0262. The van der Waals surface area contributed by atoms with Gasteiger partial charge in [0.05, 0.1) is 12.0 Å². The Hall–Kier alpha value is -3.02. The Morgan fingerprint density at radius 1 is 1.07 bits per heavy atom. The molecule has 3 N–H and O–H groups in total. The van der Waals surface area contributed by atoms with Crippen molar-refractivity contribution in [3.05, 3.63) is 65.7 Å². The molecule has 0 spiro atoms. The topological polar surface area (TPSA) is 87.7 Å². The van der Waals surface area contributed by atoms with Crippen molar-refractivity contribution in [2.24, 2.45) is 5.92 Å². The van der Waals surface area contributed by atoms with Crippen molar-refractivity contribution < 1.29 is 19.4 Å². The zero-order valence-corrected chi connectivity index (χ0v) is 16.6. The number of hydrogen-bond donors (Lipinski definition) is 3. The van der Waals surface area contributed by atoms with Crippen molar-refractivity contribution in [3.63, 3.8) is 0 Å². The molecule has 6 nitrogen and oxygen atoms in total. The fraction of sp³-hybridized carbons (Fsp3) is 0.391. The molecule has 1 fully saturated rings. The summed E-state index contributed by atoms with van der Waals surface area (Å²) in [5, 5.41) is 15.0. The van der Waals surface area contributed by atoms with Gasteiger partial charge in [-0.05, 0) is 55.9 Å². The van der Waals surface area contributed by atoms with Crippen LogP contribution in [-0.2, 0) is 11.4 Å². The highest BCUT2D eigenvalue weighted by molar-refractivity contribution is 5.75. The van der Waals surface area contributed by atoms with Crippen molar-refractivity contribution in [1.82, 2.24) is 10.6 Å². The molecule has 3 rings (SSSR count).